The summed E-state index contributed by atoms with van der Waals surface area (Å²) in [6, 6.07) is 6.00. The minimum atomic E-state index is -0.854. The van der Waals surface area contributed by atoms with Gasteiger partial charge in [0.05, 0.1) is 10.6 Å². The second-order valence-electron chi connectivity index (χ2n) is 4.37. The van der Waals surface area contributed by atoms with Crippen molar-refractivity contribution >= 4 is 34.7 Å². The fraction of sp³-hybridized carbons (Fsp3) is 0.308. The van der Waals surface area contributed by atoms with E-state index in [1.54, 1.807) is 19.1 Å². The predicted molar refractivity (Wildman–Crippen MR) is 85.9 cm³/mol. The Morgan fingerprint density at radius 1 is 1.41 bits per heavy atom. The van der Waals surface area contributed by atoms with Crippen LogP contribution in [0.25, 0.3) is 0 Å². The largest absolute Gasteiger partial charge is 0.481 e. The van der Waals surface area contributed by atoms with Gasteiger partial charge in [0.15, 0.2) is 5.11 Å². The molecule has 0 spiro atoms. The lowest BCUT2D eigenvalue weighted by Gasteiger charge is -2.07. The van der Waals surface area contributed by atoms with Crippen LogP contribution in [-0.4, -0.2) is 33.4 Å². The smallest absolute Gasteiger partial charge is 0.303 e. The van der Waals surface area contributed by atoms with Crippen molar-refractivity contribution in [2.75, 3.05) is 6.54 Å². The number of benzene rings is 1. The summed E-state index contributed by atoms with van der Waals surface area (Å²) < 4.78 is 0. The predicted octanol–water partition coefficient (Wildman–Crippen LogP) is 1.65. The van der Waals surface area contributed by atoms with Gasteiger partial charge >= 0.3 is 5.97 Å². The summed E-state index contributed by atoms with van der Waals surface area (Å²) in [5, 5.41) is 26.2. The highest BCUT2D eigenvalue weighted by Gasteiger charge is 2.05. The monoisotopic (exact) mass is 324 g/mol. The first-order valence-corrected chi connectivity index (χ1v) is 6.85. The van der Waals surface area contributed by atoms with E-state index in [4.69, 9.17) is 17.3 Å². The third-order valence-electron chi connectivity index (χ3n) is 2.67. The zero-order chi connectivity index (χ0) is 16.5. The van der Waals surface area contributed by atoms with Crippen LogP contribution >= 0.6 is 12.2 Å². The van der Waals surface area contributed by atoms with E-state index in [0.717, 1.165) is 5.56 Å². The zero-order valence-electron chi connectivity index (χ0n) is 11.9. The maximum atomic E-state index is 10.6. The van der Waals surface area contributed by atoms with Gasteiger partial charge in [0.2, 0.25) is 0 Å². The number of nitrogens with one attached hydrogen (secondary N) is 2. The standard InChI is InChI=1S/C13H16N4O4S/c1-9(10-4-6-11(7-5-10)17(20)21)15-16-13(22)14-8-2-3-12(18)19/h4-7H,2-3,8H2,1H3,(H,18,19)(H2,14,16,22)/b15-9+. The number of rotatable bonds is 7. The molecule has 1 aromatic carbocycles. The Bertz CT molecular complexity index is 586. The molecular formula is C13H16N4O4S. The van der Waals surface area contributed by atoms with Crippen LogP contribution in [0.1, 0.15) is 25.3 Å². The lowest BCUT2D eigenvalue weighted by molar-refractivity contribution is -0.384. The Hall–Kier alpha value is -2.55. The highest BCUT2D eigenvalue weighted by Crippen LogP contribution is 2.12. The maximum absolute atomic E-state index is 10.6. The summed E-state index contributed by atoms with van der Waals surface area (Å²) in [5.41, 5.74) is 3.99. The van der Waals surface area contributed by atoms with E-state index >= 15 is 0 Å². The number of nitrogens with zero attached hydrogens (tertiary/aromatic N) is 2. The Kier molecular flexibility index (Phi) is 6.90. The summed E-state index contributed by atoms with van der Waals surface area (Å²) in [4.78, 5) is 20.4. The Morgan fingerprint density at radius 3 is 2.59 bits per heavy atom. The van der Waals surface area contributed by atoms with Gasteiger partial charge in [0.1, 0.15) is 0 Å². The average Bonchev–Trinajstić information content (AvgIpc) is 2.49. The molecule has 1 rings (SSSR count). The zero-order valence-corrected chi connectivity index (χ0v) is 12.7. The molecule has 0 aliphatic heterocycles. The van der Waals surface area contributed by atoms with E-state index in [1.807, 2.05) is 0 Å². The number of carboxylic acid groups (broad SMARTS) is 1. The van der Waals surface area contributed by atoms with Crippen molar-refractivity contribution < 1.29 is 14.8 Å². The molecule has 1 aromatic rings. The van der Waals surface area contributed by atoms with Crippen molar-refractivity contribution in [3.8, 4) is 0 Å². The van der Waals surface area contributed by atoms with Crippen LogP contribution < -0.4 is 10.7 Å². The molecule has 0 heterocycles. The number of nitro benzene ring substituents is 1. The molecule has 0 saturated carbocycles. The molecule has 0 fully saturated rings. The van der Waals surface area contributed by atoms with Gasteiger partial charge in [0.25, 0.3) is 5.69 Å². The van der Waals surface area contributed by atoms with Crippen LogP contribution in [0.2, 0.25) is 0 Å². The third kappa shape index (κ3) is 6.27. The fourth-order valence-corrected chi connectivity index (χ4v) is 1.65. The summed E-state index contributed by atoms with van der Waals surface area (Å²) in [7, 11) is 0. The van der Waals surface area contributed by atoms with Gasteiger partial charge in [-0.2, -0.15) is 5.10 Å². The molecule has 0 saturated heterocycles. The number of aliphatic carboxylic acids is 1. The molecule has 0 radical (unpaired) electrons. The Morgan fingerprint density at radius 2 is 2.05 bits per heavy atom. The average molecular weight is 324 g/mol. The van der Waals surface area contributed by atoms with Crippen molar-refractivity contribution in [1.82, 2.24) is 10.7 Å². The van der Waals surface area contributed by atoms with Crippen molar-refractivity contribution in [2.24, 2.45) is 5.10 Å². The van der Waals surface area contributed by atoms with Crippen molar-refractivity contribution in [1.29, 1.82) is 0 Å². The lowest BCUT2D eigenvalue weighted by atomic mass is 10.1. The molecule has 8 nitrogen and oxygen atoms in total. The molecule has 118 valence electrons. The molecular weight excluding hydrogens is 308 g/mol. The number of non-ortho nitro benzene ring substituents is 1. The number of hydrazone groups is 1. The molecule has 0 bridgehead atoms. The second kappa shape index (κ2) is 8.67. The number of hydrogen-bond acceptors (Lipinski definition) is 5. The minimum Gasteiger partial charge on any atom is -0.481 e. The van der Waals surface area contributed by atoms with Gasteiger partial charge in [-0.25, -0.2) is 0 Å². The van der Waals surface area contributed by atoms with Crippen molar-refractivity contribution in [3.63, 3.8) is 0 Å². The molecule has 9 heteroatoms. The number of carbonyl (C=O) groups is 1. The molecule has 0 amide bonds. The minimum absolute atomic E-state index is 0.0140. The van der Waals surface area contributed by atoms with Crippen LogP contribution in [0.5, 0.6) is 0 Å². The van der Waals surface area contributed by atoms with Crippen LogP contribution in [0.15, 0.2) is 29.4 Å². The highest BCUT2D eigenvalue weighted by molar-refractivity contribution is 7.80. The number of hydrogen-bond donors (Lipinski definition) is 3. The first-order valence-electron chi connectivity index (χ1n) is 6.45. The molecule has 3 N–H and O–H groups in total. The van der Waals surface area contributed by atoms with Gasteiger partial charge in [-0.15, -0.1) is 0 Å². The van der Waals surface area contributed by atoms with E-state index in [-0.39, 0.29) is 17.2 Å². The molecule has 0 aliphatic carbocycles. The maximum Gasteiger partial charge on any atom is 0.303 e. The molecule has 0 aromatic heterocycles. The second-order valence-corrected chi connectivity index (χ2v) is 4.77. The van der Waals surface area contributed by atoms with Crippen LogP contribution in [-0.2, 0) is 4.79 Å². The third-order valence-corrected chi connectivity index (χ3v) is 2.91. The van der Waals surface area contributed by atoms with E-state index in [2.05, 4.69) is 15.8 Å². The Labute approximate surface area is 132 Å². The van der Waals surface area contributed by atoms with Crippen LogP contribution in [0, 0.1) is 10.1 Å². The van der Waals surface area contributed by atoms with E-state index in [9.17, 15) is 14.9 Å². The molecule has 0 unspecified atom stereocenters. The summed E-state index contributed by atoms with van der Waals surface area (Å²) in [5.74, 6) is -0.854. The van der Waals surface area contributed by atoms with Crippen LogP contribution in [0.3, 0.4) is 0 Å². The summed E-state index contributed by atoms with van der Waals surface area (Å²) >= 11 is 4.99. The topological polar surface area (TPSA) is 117 Å². The van der Waals surface area contributed by atoms with Crippen molar-refractivity contribution in [3.05, 3.63) is 39.9 Å². The van der Waals surface area contributed by atoms with Gasteiger partial charge in [0, 0.05) is 25.1 Å². The first kappa shape index (κ1) is 17.5. The summed E-state index contributed by atoms with van der Waals surface area (Å²) in [6.45, 7) is 2.17. The molecule has 0 aliphatic rings. The van der Waals surface area contributed by atoms with Crippen molar-refractivity contribution in [2.45, 2.75) is 19.8 Å². The quantitative estimate of drug-likeness (QED) is 0.229. The van der Waals surface area contributed by atoms with Gasteiger partial charge in [-0.3, -0.25) is 20.3 Å². The normalized spacial score (nSPS) is 10.9. The number of thiocarbonyl (C=S) groups is 1. The fourth-order valence-electron chi connectivity index (χ4n) is 1.50. The van der Waals surface area contributed by atoms with E-state index in [1.165, 1.54) is 12.1 Å². The molecule has 22 heavy (non-hydrogen) atoms. The van der Waals surface area contributed by atoms with Gasteiger partial charge in [-0.05, 0) is 43.3 Å². The highest BCUT2D eigenvalue weighted by atomic mass is 32.1. The number of carboxylic acids is 1. The first-order chi connectivity index (χ1) is 10.4. The Balaban J connectivity index is 2.46. The lowest BCUT2D eigenvalue weighted by Crippen LogP contribution is -2.33. The number of nitro groups is 1. The molecule has 0 atom stereocenters. The van der Waals surface area contributed by atoms with E-state index in [0.29, 0.717) is 18.7 Å². The van der Waals surface area contributed by atoms with Crippen LogP contribution in [0.4, 0.5) is 5.69 Å². The summed E-state index contributed by atoms with van der Waals surface area (Å²) in [6.07, 6.45) is 0.531. The SMILES string of the molecule is C/C(=N\NC(=S)NCCCC(=O)O)c1ccc([N+](=O)[O-])cc1. The van der Waals surface area contributed by atoms with Gasteiger partial charge in [-0.1, -0.05) is 0 Å². The van der Waals surface area contributed by atoms with Gasteiger partial charge < -0.3 is 10.4 Å². The van der Waals surface area contributed by atoms with E-state index < -0.39 is 10.9 Å².